The van der Waals surface area contributed by atoms with Gasteiger partial charge >= 0.3 is 5.97 Å². The molecule has 0 aliphatic rings. The van der Waals surface area contributed by atoms with E-state index in [-0.39, 0.29) is 23.8 Å². The molecule has 0 saturated carbocycles. The molecule has 2 aromatic carbocycles. The normalized spacial score (nSPS) is 10.2. The number of hydrogen-bond donors (Lipinski definition) is 2. The number of hydrogen-bond acceptors (Lipinski definition) is 5. The van der Waals surface area contributed by atoms with E-state index in [9.17, 15) is 14.7 Å². The number of phenols is 1. The molecule has 6 heteroatoms. The fraction of sp³-hybridized carbons (Fsp3) is 0.300. The molecular weight excluding hydrogens is 332 g/mol. The number of aromatic hydroxyl groups is 1. The molecule has 26 heavy (non-hydrogen) atoms. The SMILES string of the molecule is CCN(CCNC(=O)COC(=O)c1ccccc1O)c1cccc(C)c1. The molecule has 138 valence electrons. The number of nitrogens with one attached hydrogen (secondary N) is 1. The molecule has 2 rings (SSSR count). The Hall–Kier alpha value is -3.02. The second-order valence-corrected chi connectivity index (χ2v) is 5.86. The Morgan fingerprint density at radius 3 is 2.62 bits per heavy atom. The van der Waals surface area contributed by atoms with Crippen molar-refractivity contribution in [1.29, 1.82) is 0 Å². The lowest BCUT2D eigenvalue weighted by Crippen LogP contribution is -2.36. The number of carbonyl (C=O) groups is 2. The molecule has 0 aliphatic carbocycles. The molecule has 0 spiro atoms. The van der Waals surface area contributed by atoms with Gasteiger partial charge in [0.1, 0.15) is 11.3 Å². The van der Waals surface area contributed by atoms with E-state index < -0.39 is 5.97 Å². The van der Waals surface area contributed by atoms with Crippen molar-refractivity contribution < 1.29 is 19.4 Å². The van der Waals surface area contributed by atoms with E-state index in [0.29, 0.717) is 13.1 Å². The molecule has 0 atom stereocenters. The number of para-hydroxylation sites is 1. The van der Waals surface area contributed by atoms with Gasteiger partial charge in [-0.3, -0.25) is 4.79 Å². The van der Waals surface area contributed by atoms with Crippen molar-refractivity contribution in [3.8, 4) is 5.75 Å². The Labute approximate surface area is 153 Å². The zero-order chi connectivity index (χ0) is 18.9. The number of ether oxygens (including phenoxy) is 1. The van der Waals surface area contributed by atoms with Crippen molar-refractivity contribution in [2.24, 2.45) is 0 Å². The third-order valence-corrected chi connectivity index (χ3v) is 3.91. The molecule has 0 saturated heterocycles. The number of phenolic OH excluding ortho intramolecular Hbond substituents is 1. The summed E-state index contributed by atoms with van der Waals surface area (Å²) in [6.07, 6.45) is 0. The summed E-state index contributed by atoms with van der Waals surface area (Å²) in [6, 6.07) is 14.2. The zero-order valence-corrected chi connectivity index (χ0v) is 15.1. The minimum absolute atomic E-state index is 0.0388. The van der Waals surface area contributed by atoms with Crippen molar-refractivity contribution in [3.05, 3.63) is 59.7 Å². The van der Waals surface area contributed by atoms with E-state index in [2.05, 4.69) is 23.2 Å². The highest BCUT2D eigenvalue weighted by molar-refractivity contribution is 5.93. The lowest BCUT2D eigenvalue weighted by atomic mass is 10.2. The summed E-state index contributed by atoms with van der Waals surface area (Å²) in [5.41, 5.74) is 2.32. The van der Waals surface area contributed by atoms with E-state index >= 15 is 0 Å². The van der Waals surface area contributed by atoms with Gasteiger partial charge in [-0.05, 0) is 43.7 Å². The van der Waals surface area contributed by atoms with Crippen LogP contribution in [0.3, 0.4) is 0 Å². The maximum atomic E-state index is 11.9. The van der Waals surface area contributed by atoms with Gasteiger partial charge in [-0.15, -0.1) is 0 Å². The summed E-state index contributed by atoms with van der Waals surface area (Å²) < 4.78 is 4.93. The molecule has 1 amide bonds. The first-order valence-electron chi connectivity index (χ1n) is 8.54. The second kappa shape index (κ2) is 9.46. The number of aryl methyl sites for hydroxylation is 1. The number of benzene rings is 2. The number of likely N-dealkylation sites (N-methyl/N-ethyl adjacent to an activating group) is 1. The number of rotatable bonds is 8. The average molecular weight is 356 g/mol. The Kier molecular flexibility index (Phi) is 7.02. The van der Waals surface area contributed by atoms with Crippen LogP contribution in [-0.2, 0) is 9.53 Å². The summed E-state index contributed by atoms with van der Waals surface area (Å²) >= 11 is 0. The Morgan fingerprint density at radius 1 is 1.15 bits per heavy atom. The van der Waals surface area contributed by atoms with Crippen molar-refractivity contribution >= 4 is 17.6 Å². The highest BCUT2D eigenvalue weighted by Crippen LogP contribution is 2.16. The van der Waals surface area contributed by atoms with Gasteiger partial charge in [-0.25, -0.2) is 4.79 Å². The summed E-state index contributed by atoms with van der Waals surface area (Å²) in [5.74, 6) is -1.28. The molecule has 0 radical (unpaired) electrons. The fourth-order valence-corrected chi connectivity index (χ4v) is 2.53. The third-order valence-electron chi connectivity index (χ3n) is 3.91. The maximum Gasteiger partial charge on any atom is 0.342 e. The number of esters is 1. The predicted molar refractivity (Wildman–Crippen MR) is 100 cm³/mol. The molecule has 6 nitrogen and oxygen atoms in total. The van der Waals surface area contributed by atoms with Crippen molar-refractivity contribution in [2.75, 3.05) is 31.1 Å². The largest absolute Gasteiger partial charge is 0.507 e. The lowest BCUT2D eigenvalue weighted by Gasteiger charge is -2.23. The van der Waals surface area contributed by atoms with Gasteiger partial charge in [0.25, 0.3) is 5.91 Å². The van der Waals surface area contributed by atoms with E-state index in [1.807, 2.05) is 25.1 Å². The van der Waals surface area contributed by atoms with E-state index in [1.54, 1.807) is 12.1 Å². The first-order valence-corrected chi connectivity index (χ1v) is 8.54. The molecule has 0 bridgehead atoms. The second-order valence-electron chi connectivity index (χ2n) is 5.86. The van der Waals surface area contributed by atoms with Crippen molar-refractivity contribution in [2.45, 2.75) is 13.8 Å². The van der Waals surface area contributed by atoms with Gasteiger partial charge < -0.3 is 20.1 Å². The Bertz CT molecular complexity index is 761. The topological polar surface area (TPSA) is 78.9 Å². The first-order chi connectivity index (χ1) is 12.5. The predicted octanol–water partition coefficient (Wildman–Crippen LogP) is 2.50. The van der Waals surface area contributed by atoms with Crippen LogP contribution in [0.5, 0.6) is 5.75 Å². The molecule has 0 unspecified atom stereocenters. The number of anilines is 1. The summed E-state index contributed by atoms with van der Waals surface area (Å²) in [5, 5.41) is 12.3. The van der Waals surface area contributed by atoms with Crippen LogP contribution >= 0.6 is 0 Å². The third kappa shape index (κ3) is 5.51. The zero-order valence-electron chi connectivity index (χ0n) is 15.1. The standard InChI is InChI=1S/C20H24N2O4/c1-3-22(16-8-6-7-15(2)13-16)12-11-21-19(24)14-26-20(25)17-9-4-5-10-18(17)23/h4-10,13,23H,3,11-12,14H2,1-2H3,(H,21,24). The van der Waals surface area contributed by atoms with E-state index in [1.165, 1.54) is 17.7 Å². The van der Waals surface area contributed by atoms with Crippen LogP contribution in [0, 0.1) is 6.92 Å². The van der Waals surface area contributed by atoms with Crippen LogP contribution < -0.4 is 10.2 Å². The average Bonchev–Trinajstić information content (AvgIpc) is 2.63. The van der Waals surface area contributed by atoms with Crippen molar-refractivity contribution in [3.63, 3.8) is 0 Å². The quantitative estimate of drug-likeness (QED) is 0.711. The molecule has 0 aromatic heterocycles. The molecule has 0 heterocycles. The maximum absolute atomic E-state index is 11.9. The van der Waals surface area contributed by atoms with Crippen LogP contribution in [0.25, 0.3) is 0 Å². The summed E-state index contributed by atoms with van der Waals surface area (Å²) in [6.45, 7) is 5.62. The fourth-order valence-electron chi connectivity index (χ4n) is 2.53. The molecule has 2 aromatic rings. The van der Waals surface area contributed by atoms with Crippen LogP contribution in [-0.4, -0.2) is 43.2 Å². The summed E-state index contributed by atoms with van der Waals surface area (Å²) in [4.78, 5) is 25.9. The number of amides is 1. The lowest BCUT2D eigenvalue weighted by molar-refractivity contribution is -0.124. The van der Waals surface area contributed by atoms with E-state index in [0.717, 1.165) is 12.2 Å². The van der Waals surface area contributed by atoms with Crippen LogP contribution in [0.15, 0.2) is 48.5 Å². The van der Waals surface area contributed by atoms with Gasteiger partial charge in [-0.1, -0.05) is 24.3 Å². The van der Waals surface area contributed by atoms with Gasteiger partial charge in [-0.2, -0.15) is 0 Å². The van der Waals surface area contributed by atoms with Crippen LogP contribution in [0.2, 0.25) is 0 Å². The highest BCUT2D eigenvalue weighted by atomic mass is 16.5. The smallest absolute Gasteiger partial charge is 0.342 e. The monoisotopic (exact) mass is 356 g/mol. The summed E-state index contributed by atoms with van der Waals surface area (Å²) in [7, 11) is 0. The molecule has 0 aliphatic heterocycles. The Morgan fingerprint density at radius 2 is 1.92 bits per heavy atom. The van der Waals surface area contributed by atoms with Crippen molar-refractivity contribution in [1.82, 2.24) is 5.32 Å². The minimum Gasteiger partial charge on any atom is -0.507 e. The van der Waals surface area contributed by atoms with Crippen LogP contribution in [0.1, 0.15) is 22.8 Å². The van der Waals surface area contributed by atoms with Gasteiger partial charge in [0.15, 0.2) is 6.61 Å². The molecule has 0 fully saturated rings. The first kappa shape index (κ1) is 19.3. The minimum atomic E-state index is -0.729. The van der Waals surface area contributed by atoms with Gasteiger partial charge in [0.2, 0.25) is 0 Å². The Balaban J connectivity index is 1.76. The van der Waals surface area contributed by atoms with Gasteiger partial charge in [0.05, 0.1) is 0 Å². The molecule has 2 N–H and O–H groups in total. The van der Waals surface area contributed by atoms with Crippen LogP contribution in [0.4, 0.5) is 5.69 Å². The van der Waals surface area contributed by atoms with Gasteiger partial charge in [0, 0.05) is 25.3 Å². The number of nitrogens with zero attached hydrogens (tertiary/aromatic N) is 1. The molecular formula is C20H24N2O4. The van der Waals surface area contributed by atoms with E-state index in [4.69, 9.17) is 4.74 Å². The highest BCUT2D eigenvalue weighted by Gasteiger charge is 2.13. The number of carbonyl (C=O) groups excluding carboxylic acids is 2.